The van der Waals surface area contributed by atoms with E-state index >= 15 is 0 Å². The molecule has 172 valence electrons. The number of carbonyl (C=O) groups excluding carboxylic acids is 1. The van der Waals surface area contributed by atoms with Crippen LogP contribution in [0.3, 0.4) is 0 Å². The summed E-state index contributed by atoms with van der Waals surface area (Å²) in [6.07, 6.45) is 1.10. The maximum Gasteiger partial charge on any atom is 0.355 e. The van der Waals surface area contributed by atoms with Crippen LogP contribution in [0.1, 0.15) is 12.8 Å². The summed E-state index contributed by atoms with van der Waals surface area (Å²) in [4.78, 5) is 21.0. The molecule has 2 N–H and O–H groups in total. The van der Waals surface area contributed by atoms with Gasteiger partial charge in [0.2, 0.25) is 5.82 Å². The highest BCUT2D eigenvalue weighted by atomic mass is 79.9. The highest BCUT2D eigenvalue weighted by molar-refractivity contribution is 9.12. The summed E-state index contributed by atoms with van der Waals surface area (Å²) >= 11 is 9.50. The fourth-order valence-electron chi connectivity index (χ4n) is 2.58. The van der Waals surface area contributed by atoms with Crippen molar-refractivity contribution in [1.82, 2.24) is 10.1 Å². The maximum atomic E-state index is 12.2. The summed E-state index contributed by atoms with van der Waals surface area (Å²) in [6.45, 7) is 1.77. The van der Waals surface area contributed by atoms with Gasteiger partial charge in [-0.05, 0) is 47.1 Å². The number of aromatic nitrogens is 2. The predicted molar refractivity (Wildman–Crippen MR) is 127 cm³/mol. The van der Waals surface area contributed by atoms with Crippen LogP contribution in [-0.4, -0.2) is 43.1 Å². The average Bonchev–Trinajstić information content (AvgIpc) is 3.27. The first-order valence-electron chi connectivity index (χ1n) is 9.42. The van der Waals surface area contributed by atoms with Crippen LogP contribution < -0.4 is 5.73 Å². The molecule has 33 heavy (non-hydrogen) atoms. The van der Waals surface area contributed by atoms with E-state index < -0.39 is 15.8 Å². The molecule has 3 aromatic rings. The molecule has 0 fully saturated rings. The van der Waals surface area contributed by atoms with Crippen LogP contribution in [0.25, 0.3) is 11.4 Å². The van der Waals surface area contributed by atoms with Gasteiger partial charge < -0.3 is 15.0 Å². The van der Waals surface area contributed by atoms with Gasteiger partial charge in [-0.3, -0.25) is 0 Å². The van der Waals surface area contributed by atoms with Crippen LogP contribution in [0, 0.1) is 0 Å². The maximum absolute atomic E-state index is 12.2. The van der Waals surface area contributed by atoms with Crippen molar-refractivity contribution in [2.75, 3.05) is 12.9 Å². The third-order valence-corrected chi connectivity index (χ3v) is 6.41. The van der Waals surface area contributed by atoms with Crippen molar-refractivity contribution in [2.24, 2.45) is 10.7 Å². The van der Waals surface area contributed by atoms with Crippen LogP contribution >= 0.6 is 27.5 Å². The molecule has 3 rings (SSSR count). The number of hydrogen-bond acceptors (Lipinski definition) is 9. The van der Waals surface area contributed by atoms with E-state index in [1.807, 2.05) is 0 Å². The zero-order valence-corrected chi connectivity index (χ0v) is 20.6. The fraction of sp³-hybridized carbons (Fsp3) is 0.143. The number of hydrogen-bond donors (Lipinski definition) is 1. The number of para-hydroxylation sites is 1. The van der Waals surface area contributed by atoms with Crippen LogP contribution in [0.2, 0.25) is 5.02 Å². The third-order valence-electron chi connectivity index (χ3n) is 4.17. The summed E-state index contributed by atoms with van der Waals surface area (Å²) < 4.78 is 34.1. The topological polar surface area (TPSA) is 138 Å². The zero-order valence-electron chi connectivity index (χ0n) is 17.5. The molecule has 12 heteroatoms. The van der Waals surface area contributed by atoms with Gasteiger partial charge in [-0.1, -0.05) is 41.0 Å². The quantitative estimate of drug-likeness (QED) is 0.263. The van der Waals surface area contributed by atoms with Crippen molar-refractivity contribution in [3.8, 4) is 11.4 Å². The van der Waals surface area contributed by atoms with E-state index in [0.717, 1.165) is 6.26 Å². The molecule has 0 saturated heterocycles. The number of aliphatic imine (C=N–C) groups is 1. The first-order chi connectivity index (χ1) is 15.6. The second kappa shape index (κ2) is 10.3. The summed E-state index contributed by atoms with van der Waals surface area (Å²) in [7, 11) is -3.44. The Bertz CT molecular complexity index is 1370. The van der Waals surface area contributed by atoms with Gasteiger partial charge >= 0.3 is 5.97 Å². The highest BCUT2D eigenvalue weighted by Gasteiger charge is 2.23. The molecule has 0 bridgehead atoms. The molecule has 0 aliphatic carbocycles. The molecule has 0 amide bonds. The normalized spacial score (nSPS) is 12.9. The summed E-state index contributed by atoms with van der Waals surface area (Å²) in [5.41, 5.74) is 6.49. The molecule has 0 radical (unpaired) electrons. The molecule has 1 heterocycles. The van der Waals surface area contributed by atoms with Crippen molar-refractivity contribution in [3.05, 3.63) is 69.6 Å². The van der Waals surface area contributed by atoms with Gasteiger partial charge in [-0.2, -0.15) is 4.98 Å². The molecule has 9 nitrogen and oxygen atoms in total. The lowest BCUT2D eigenvalue weighted by atomic mass is 10.2. The first-order valence-corrected chi connectivity index (χ1v) is 12.5. The van der Waals surface area contributed by atoms with Crippen LogP contribution in [-0.2, 0) is 19.4 Å². The molecule has 2 aromatic carbocycles. The van der Waals surface area contributed by atoms with Crippen LogP contribution in [0.4, 0.5) is 5.69 Å². The van der Waals surface area contributed by atoms with Crippen molar-refractivity contribution in [3.63, 3.8) is 0 Å². The number of nitrogens with two attached hydrogens (primary N) is 1. The van der Waals surface area contributed by atoms with Gasteiger partial charge in [-0.25, -0.2) is 18.2 Å². The van der Waals surface area contributed by atoms with E-state index in [1.54, 1.807) is 43.3 Å². The van der Waals surface area contributed by atoms with Crippen LogP contribution in [0.5, 0.6) is 0 Å². The van der Waals surface area contributed by atoms with Crippen molar-refractivity contribution in [1.29, 1.82) is 0 Å². The highest BCUT2D eigenvalue weighted by Crippen LogP contribution is 2.29. The number of nitrogens with zero attached hydrogens (tertiary/aromatic N) is 3. The van der Waals surface area contributed by atoms with E-state index in [-0.39, 0.29) is 39.1 Å². The number of benzene rings is 2. The van der Waals surface area contributed by atoms with Gasteiger partial charge in [0, 0.05) is 11.8 Å². The van der Waals surface area contributed by atoms with Crippen molar-refractivity contribution < 1.29 is 22.5 Å². The standard InChI is InChI=1S/C21H18BrClN4O5S/c1-3-31-21(28)17(24)16(22)18(25-15-10-5-4-9-14(15)23)20-26-19(27-32-20)12-7-6-8-13(11-12)33(2,29)30/h4-11H,3,24H2,1-2H3/b17-16+,25-18?. The summed E-state index contributed by atoms with van der Waals surface area (Å²) in [6, 6.07) is 12.8. The number of sulfone groups is 1. The minimum atomic E-state index is -3.44. The number of carbonyl (C=O) groups is 1. The minimum Gasteiger partial charge on any atom is -0.461 e. The van der Waals surface area contributed by atoms with Gasteiger partial charge in [0.15, 0.2) is 9.84 Å². The number of allylic oxidation sites excluding steroid dienone is 1. The Labute approximate surface area is 203 Å². The van der Waals surface area contributed by atoms with E-state index in [2.05, 4.69) is 31.1 Å². The SMILES string of the molecule is CCOC(=O)/C(N)=C(\Br)C(=Nc1ccccc1Cl)c1nc(-c2cccc(S(C)(=O)=O)c2)no1. The summed E-state index contributed by atoms with van der Waals surface area (Å²) in [5, 5.41) is 4.26. The molecule has 0 atom stereocenters. The third kappa shape index (κ3) is 5.86. The Morgan fingerprint density at radius 2 is 1.97 bits per heavy atom. The minimum absolute atomic E-state index is 0.0340. The Kier molecular flexibility index (Phi) is 7.67. The van der Waals surface area contributed by atoms with Crippen LogP contribution in [0.15, 0.2) is 73.1 Å². The number of esters is 1. The largest absolute Gasteiger partial charge is 0.461 e. The van der Waals surface area contributed by atoms with Gasteiger partial charge in [0.05, 0.1) is 26.7 Å². The number of halogens is 2. The first kappa shape index (κ1) is 24.6. The van der Waals surface area contributed by atoms with E-state index in [4.69, 9.17) is 26.6 Å². The average molecular weight is 554 g/mol. The Balaban J connectivity index is 2.14. The lowest BCUT2D eigenvalue weighted by molar-refractivity contribution is -0.138. The van der Waals surface area contributed by atoms with E-state index in [0.29, 0.717) is 16.3 Å². The van der Waals surface area contributed by atoms with E-state index in [1.165, 1.54) is 12.1 Å². The molecule has 0 aliphatic rings. The molecular weight excluding hydrogens is 536 g/mol. The molecule has 1 aromatic heterocycles. The molecular formula is C21H18BrClN4O5S. The molecule has 0 saturated carbocycles. The van der Waals surface area contributed by atoms with Gasteiger partial charge in [0.1, 0.15) is 11.4 Å². The number of rotatable bonds is 7. The fourth-order valence-corrected chi connectivity index (χ4v) is 3.85. The Hall–Kier alpha value is -3.02. The number of ether oxygens (including phenoxy) is 1. The second-order valence-electron chi connectivity index (χ2n) is 6.58. The predicted octanol–water partition coefficient (Wildman–Crippen LogP) is 4.04. The molecule has 0 spiro atoms. The van der Waals surface area contributed by atoms with E-state index in [9.17, 15) is 13.2 Å². The van der Waals surface area contributed by atoms with Crippen molar-refractivity contribution in [2.45, 2.75) is 11.8 Å². The molecule has 0 aliphatic heterocycles. The second-order valence-corrected chi connectivity index (χ2v) is 9.80. The van der Waals surface area contributed by atoms with Gasteiger partial charge in [0.25, 0.3) is 5.89 Å². The monoisotopic (exact) mass is 552 g/mol. The van der Waals surface area contributed by atoms with Crippen molar-refractivity contribution >= 4 is 54.7 Å². The Morgan fingerprint density at radius 3 is 2.64 bits per heavy atom. The lowest BCUT2D eigenvalue weighted by Crippen LogP contribution is -2.19. The zero-order chi connectivity index (χ0) is 24.2. The van der Waals surface area contributed by atoms with Gasteiger partial charge in [-0.15, -0.1) is 0 Å². The molecule has 0 unspecified atom stereocenters. The smallest absolute Gasteiger partial charge is 0.355 e. The lowest BCUT2D eigenvalue weighted by Gasteiger charge is -2.07. The summed E-state index contributed by atoms with van der Waals surface area (Å²) in [5.74, 6) is -0.747. The Morgan fingerprint density at radius 1 is 1.24 bits per heavy atom.